The fraction of sp³-hybridized carbons (Fsp3) is 0.643. The Morgan fingerprint density at radius 1 is 1.37 bits per heavy atom. The molecule has 19 heavy (non-hydrogen) atoms. The van der Waals surface area contributed by atoms with E-state index in [0.717, 1.165) is 29.8 Å². The fourth-order valence-electron chi connectivity index (χ4n) is 2.08. The van der Waals surface area contributed by atoms with Gasteiger partial charge in [-0.3, -0.25) is 4.98 Å². The predicted molar refractivity (Wildman–Crippen MR) is 79.1 cm³/mol. The molecule has 0 bridgehead atoms. The van der Waals surface area contributed by atoms with E-state index in [-0.39, 0.29) is 11.8 Å². The van der Waals surface area contributed by atoms with Crippen molar-refractivity contribution in [2.75, 3.05) is 18.6 Å². The molecule has 0 aromatic carbocycles. The van der Waals surface area contributed by atoms with Crippen LogP contribution in [0.4, 0.5) is 0 Å². The van der Waals surface area contributed by atoms with Crippen molar-refractivity contribution in [3.8, 4) is 0 Å². The lowest BCUT2D eigenvalue weighted by atomic mass is 10.0. The van der Waals surface area contributed by atoms with Crippen LogP contribution >= 0.6 is 0 Å². The second-order valence-corrected chi connectivity index (χ2v) is 7.40. The molecular formula is C14H24N2O2S. The number of hydrogen-bond acceptors (Lipinski definition) is 4. The van der Waals surface area contributed by atoms with Crippen molar-refractivity contribution in [1.29, 1.82) is 0 Å². The van der Waals surface area contributed by atoms with Crippen molar-refractivity contribution >= 4 is 9.84 Å². The van der Waals surface area contributed by atoms with Gasteiger partial charge in [0.15, 0.2) is 0 Å². The summed E-state index contributed by atoms with van der Waals surface area (Å²) in [6, 6.07) is 2.10. The molecular weight excluding hydrogens is 260 g/mol. The van der Waals surface area contributed by atoms with Gasteiger partial charge in [-0.2, -0.15) is 0 Å². The maximum absolute atomic E-state index is 11.3. The van der Waals surface area contributed by atoms with E-state index in [4.69, 9.17) is 0 Å². The van der Waals surface area contributed by atoms with Crippen LogP contribution in [0.2, 0.25) is 0 Å². The summed E-state index contributed by atoms with van der Waals surface area (Å²) in [5.74, 6) is 0.184. The lowest BCUT2D eigenvalue weighted by molar-refractivity contribution is 0.501. The minimum Gasteiger partial charge on any atom is -0.309 e. The first-order valence-electron chi connectivity index (χ1n) is 6.67. The molecule has 0 aliphatic rings. The van der Waals surface area contributed by atoms with Gasteiger partial charge in [0.05, 0.1) is 17.5 Å². The predicted octanol–water partition coefficient (Wildman–Crippen LogP) is 2.17. The third-order valence-electron chi connectivity index (χ3n) is 3.00. The number of nitrogens with zero attached hydrogens (tertiary/aromatic N) is 1. The SMILES string of the molecule is CCCNC(CCS(C)(=O)=O)c1ncc(C)cc1C. The van der Waals surface area contributed by atoms with Crippen LogP contribution in [-0.4, -0.2) is 32.0 Å². The number of rotatable bonds is 7. The zero-order chi connectivity index (χ0) is 14.5. The van der Waals surface area contributed by atoms with Crippen molar-refractivity contribution < 1.29 is 8.42 Å². The number of pyridine rings is 1. The van der Waals surface area contributed by atoms with Crippen molar-refractivity contribution in [3.05, 3.63) is 29.1 Å². The van der Waals surface area contributed by atoms with Crippen LogP contribution in [0.3, 0.4) is 0 Å². The lowest BCUT2D eigenvalue weighted by Gasteiger charge is -2.19. The van der Waals surface area contributed by atoms with E-state index in [2.05, 4.69) is 23.3 Å². The molecule has 1 aromatic rings. The highest BCUT2D eigenvalue weighted by atomic mass is 32.2. The van der Waals surface area contributed by atoms with E-state index in [1.807, 2.05) is 20.0 Å². The second kappa shape index (κ2) is 7.01. The third kappa shape index (κ3) is 5.70. The Balaban J connectivity index is 2.88. The number of aromatic nitrogens is 1. The van der Waals surface area contributed by atoms with Crippen molar-refractivity contribution in [1.82, 2.24) is 10.3 Å². The molecule has 0 fully saturated rings. The highest BCUT2D eigenvalue weighted by molar-refractivity contribution is 7.90. The Morgan fingerprint density at radius 2 is 2.05 bits per heavy atom. The molecule has 1 rings (SSSR count). The standard InChI is InChI=1S/C14H24N2O2S/c1-5-7-15-13(6-8-19(4,17)18)14-12(3)9-11(2)10-16-14/h9-10,13,15H,5-8H2,1-4H3. The Labute approximate surface area is 116 Å². The number of aryl methyl sites for hydroxylation is 2. The molecule has 0 saturated carbocycles. The van der Waals surface area contributed by atoms with Gasteiger partial charge in [0.1, 0.15) is 9.84 Å². The first kappa shape index (κ1) is 16.1. The van der Waals surface area contributed by atoms with Crippen LogP contribution in [0.1, 0.15) is 42.6 Å². The normalized spacial score (nSPS) is 13.5. The molecule has 0 spiro atoms. The maximum atomic E-state index is 11.3. The van der Waals surface area contributed by atoms with Crippen LogP contribution in [0.25, 0.3) is 0 Å². The molecule has 4 nitrogen and oxygen atoms in total. The smallest absolute Gasteiger partial charge is 0.147 e. The number of hydrogen-bond donors (Lipinski definition) is 1. The van der Waals surface area contributed by atoms with Gasteiger partial charge in [0.25, 0.3) is 0 Å². The molecule has 1 atom stereocenters. The number of sulfone groups is 1. The summed E-state index contributed by atoms with van der Waals surface area (Å²) in [6.45, 7) is 6.99. The summed E-state index contributed by atoms with van der Waals surface area (Å²) in [4.78, 5) is 4.47. The zero-order valence-corrected chi connectivity index (χ0v) is 13.0. The third-order valence-corrected chi connectivity index (χ3v) is 3.98. The van der Waals surface area contributed by atoms with Gasteiger partial charge in [-0.05, 0) is 44.4 Å². The molecule has 108 valence electrons. The largest absolute Gasteiger partial charge is 0.309 e. The zero-order valence-electron chi connectivity index (χ0n) is 12.2. The van der Waals surface area contributed by atoms with Crippen LogP contribution in [-0.2, 0) is 9.84 Å². The average molecular weight is 284 g/mol. The molecule has 1 N–H and O–H groups in total. The molecule has 0 aliphatic carbocycles. The van der Waals surface area contributed by atoms with Gasteiger partial charge in [-0.15, -0.1) is 0 Å². The van der Waals surface area contributed by atoms with Gasteiger partial charge in [0.2, 0.25) is 0 Å². The Bertz CT molecular complexity index is 512. The van der Waals surface area contributed by atoms with E-state index in [1.165, 1.54) is 6.26 Å². The summed E-state index contributed by atoms with van der Waals surface area (Å²) < 4.78 is 22.7. The van der Waals surface area contributed by atoms with E-state index >= 15 is 0 Å². The summed E-state index contributed by atoms with van der Waals surface area (Å²) in [7, 11) is -2.94. The molecule has 0 saturated heterocycles. The van der Waals surface area contributed by atoms with Gasteiger partial charge < -0.3 is 5.32 Å². The minimum absolute atomic E-state index is 0.00951. The highest BCUT2D eigenvalue weighted by Crippen LogP contribution is 2.20. The molecule has 1 aromatic heterocycles. The number of nitrogens with one attached hydrogen (secondary N) is 1. The van der Waals surface area contributed by atoms with Gasteiger partial charge >= 0.3 is 0 Å². The summed E-state index contributed by atoms with van der Waals surface area (Å²) in [6.07, 6.45) is 4.69. The highest BCUT2D eigenvalue weighted by Gasteiger charge is 2.17. The van der Waals surface area contributed by atoms with Gasteiger partial charge in [0, 0.05) is 12.5 Å². The fourth-order valence-corrected chi connectivity index (χ4v) is 2.74. The quantitative estimate of drug-likeness (QED) is 0.833. The maximum Gasteiger partial charge on any atom is 0.147 e. The Hall–Kier alpha value is -0.940. The van der Waals surface area contributed by atoms with E-state index in [9.17, 15) is 8.42 Å². The minimum atomic E-state index is -2.94. The summed E-state index contributed by atoms with van der Waals surface area (Å²) in [5, 5.41) is 3.39. The average Bonchev–Trinajstić information content (AvgIpc) is 2.29. The monoisotopic (exact) mass is 284 g/mol. The molecule has 0 aliphatic heterocycles. The van der Waals surface area contributed by atoms with Crippen LogP contribution in [0, 0.1) is 13.8 Å². The Kier molecular flexibility index (Phi) is 5.94. The van der Waals surface area contributed by atoms with E-state index in [0.29, 0.717) is 6.42 Å². The van der Waals surface area contributed by atoms with Crippen LogP contribution < -0.4 is 5.32 Å². The molecule has 0 amide bonds. The van der Waals surface area contributed by atoms with Crippen molar-refractivity contribution in [3.63, 3.8) is 0 Å². The van der Waals surface area contributed by atoms with Crippen LogP contribution in [0.5, 0.6) is 0 Å². The topological polar surface area (TPSA) is 59.1 Å². The van der Waals surface area contributed by atoms with Crippen molar-refractivity contribution in [2.45, 2.75) is 39.7 Å². The first-order chi connectivity index (χ1) is 8.83. The first-order valence-corrected chi connectivity index (χ1v) is 8.73. The molecule has 1 unspecified atom stereocenters. The summed E-state index contributed by atoms with van der Waals surface area (Å²) in [5.41, 5.74) is 3.20. The summed E-state index contributed by atoms with van der Waals surface area (Å²) >= 11 is 0. The Morgan fingerprint density at radius 3 is 2.58 bits per heavy atom. The molecule has 0 radical (unpaired) electrons. The molecule has 1 heterocycles. The molecule has 5 heteroatoms. The van der Waals surface area contributed by atoms with Crippen molar-refractivity contribution in [2.24, 2.45) is 0 Å². The van der Waals surface area contributed by atoms with Gasteiger partial charge in [-0.25, -0.2) is 8.42 Å². The van der Waals surface area contributed by atoms with E-state index in [1.54, 1.807) is 0 Å². The lowest BCUT2D eigenvalue weighted by Crippen LogP contribution is -2.26. The van der Waals surface area contributed by atoms with Crippen LogP contribution in [0.15, 0.2) is 12.3 Å². The van der Waals surface area contributed by atoms with Gasteiger partial charge in [-0.1, -0.05) is 13.0 Å². The van der Waals surface area contributed by atoms with E-state index < -0.39 is 9.84 Å². The second-order valence-electron chi connectivity index (χ2n) is 5.14.